The van der Waals surface area contributed by atoms with E-state index in [9.17, 15) is 4.79 Å². The number of methoxy groups -OCH3 is 1. The van der Waals surface area contributed by atoms with E-state index < -0.39 is 0 Å². The van der Waals surface area contributed by atoms with Gasteiger partial charge in [0.15, 0.2) is 0 Å². The summed E-state index contributed by atoms with van der Waals surface area (Å²) >= 11 is 0. The van der Waals surface area contributed by atoms with Crippen LogP contribution >= 0.6 is 0 Å². The molecule has 2 unspecified atom stereocenters. The molecule has 1 aliphatic rings. The van der Waals surface area contributed by atoms with Gasteiger partial charge in [-0.1, -0.05) is 13.8 Å². The first kappa shape index (κ1) is 12.1. The molecule has 0 bridgehead atoms. The summed E-state index contributed by atoms with van der Waals surface area (Å²) in [6, 6.07) is 1.78. The van der Waals surface area contributed by atoms with Crippen LogP contribution in [0.2, 0.25) is 0 Å². The van der Waals surface area contributed by atoms with Crippen molar-refractivity contribution in [1.82, 2.24) is 9.97 Å². The number of hydrogen-bond acceptors (Lipinski definition) is 4. The number of nitrogens with zero attached hydrogens (tertiary/aromatic N) is 1. The Morgan fingerprint density at radius 1 is 1.59 bits per heavy atom. The Hall–Kier alpha value is -1.36. The number of aryl methyl sites for hydroxylation is 1. The molecule has 5 heteroatoms. The molecule has 5 nitrogen and oxygen atoms in total. The van der Waals surface area contributed by atoms with Crippen LogP contribution in [0.15, 0.2) is 10.9 Å². The first-order valence-electron chi connectivity index (χ1n) is 5.81. The lowest BCUT2D eigenvalue weighted by molar-refractivity contribution is -0.0795. The van der Waals surface area contributed by atoms with E-state index in [2.05, 4.69) is 29.1 Å². The number of anilines is 1. The van der Waals surface area contributed by atoms with Crippen molar-refractivity contribution in [3.05, 3.63) is 22.2 Å². The van der Waals surface area contributed by atoms with Crippen molar-refractivity contribution in [3.8, 4) is 0 Å². The molecule has 1 heterocycles. The van der Waals surface area contributed by atoms with Crippen molar-refractivity contribution in [2.24, 2.45) is 5.41 Å². The highest BCUT2D eigenvalue weighted by Crippen LogP contribution is 2.43. The van der Waals surface area contributed by atoms with Crippen molar-refractivity contribution in [2.45, 2.75) is 39.3 Å². The molecule has 1 fully saturated rings. The van der Waals surface area contributed by atoms with Gasteiger partial charge in [0, 0.05) is 24.6 Å². The van der Waals surface area contributed by atoms with Gasteiger partial charge in [0.1, 0.15) is 11.6 Å². The molecular formula is C12H19N3O2. The van der Waals surface area contributed by atoms with E-state index in [-0.39, 0.29) is 17.1 Å². The highest BCUT2D eigenvalue weighted by molar-refractivity contribution is 5.36. The molecule has 1 saturated carbocycles. The zero-order valence-electron chi connectivity index (χ0n) is 10.7. The Bertz CT molecular complexity index is 467. The smallest absolute Gasteiger partial charge is 0.252 e. The topological polar surface area (TPSA) is 67.0 Å². The summed E-state index contributed by atoms with van der Waals surface area (Å²) in [6.07, 6.45) is 1.21. The van der Waals surface area contributed by atoms with Gasteiger partial charge in [-0.2, -0.15) is 0 Å². The first-order valence-corrected chi connectivity index (χ1v) is 5.81. The van der Waals surface area contributed by atoms with Gasteiger partial charge in [-0.25, -0.2) is 4.98 Å². The summed E-state index contributed by atoms with van der Waals surface area (Å²) in [6.45, 7) is 6.08. The predicted molar refractivity (Wildman–Crippen MR) is 66.2 cm³/mol. The maximum Gasteiger partial charge on any atom is 0.252 e. The lowest BCUT2D eigenvalue weighted by Crippen LogP contribution is -2.57. The van der Waals surface area contributed by atoms with Crippen LogP contribution in [0.5, 0.6) is 0 Å². The minimum Gasteiger partial charge on any atom is -0.381 e. The first-order chi connectivity index (χ1) is 7.93. The Morgan fingerprint density at radius 3 is 2.82 bits per heavy atom. The van der Waals surface area contributed by atoms with Gasteiger partial charge in [-0.3, -0.25) is 4.79 Å². The molecule has 0 spiro atoms. The lowest BCUT2D eigenvalue weighted by Gasteiger charge is -2.51. The van der Waals surface area contributed by atoms with Gasteiger partial charge in [0.2, 0.25) is 0 Å². The van der Waals surface area contributed by atoms with Gasteiger partial charge < -0.3 is 15.0 Å². The van der Waals surface area contributed by atoms with Crippen molar-refractivity contribution in [1.29, 1.82) is 0 Å². The fourth-order valence-electron chi connectivity index (χ4n) is 2.36. The van der Waals surface area contributed by atoms with E-state index >= 15 is 0 Å². The van der Waals surface area contributed by atoms with E-state index in [0.29, 0.717) is 17.7 Å². The van der Waals surface area contributed by atoms with Crippen molar-refractivity contribution in [2.75, 3.05) is 12.4 Å². The molecule has 2 rings (SSSR count). The van der Waals surface area contributed by atoms with Crippen molar-refractivity contribution >= 4 is 5.82 Å². The maximum absolute atomic E-state index is 11.3. The SMILES string of the molecule is COC1CC(Nc2cc(=O)[nH]c(C)n2)C1(C)C. The predicted octanol–water partition coefficient (Wildman–Crippen LogP) is 1.30. The number of rotatable bonds is 3. The van der Waals surface area contributed by atoms with E-state index in [1.165, 1.54) is 6.07 Å². The standard InChI is InChI=1S/C12H19N3O2/c1-7-13-10(6-11(16)14-7)15-8-5-9(17-4)12(8,2)3/h6,8-9H,5H2,1-4H3,(H2,13,14,15,16). The third-order valence-corrected chi connectivity index (χ3v) is 3.64. The molecule has 0 amide bonds. The van der Waals surface area contributed by atoms with Gasteiger partial charge in [-0.05, 0) is 13.3 Å². The summed E-state index contributed by atoms with van der Waals surface area (Å²) in [7, 11) is 1.73. The van der Waals surface area contributed by atoms with Crippen molar-refractivity contribution < 1.29 is 4.74 Å². The maximum atomic E-state index is 11.3. The third kappa shape index (κ3) is 2.20. The highest BCUT2D eigenvalue weighted by Gasteiger charge is 2.48. The van der Waals surface area contributed by atoms with E-state index in [1.807, 2.05) is 0 Å². The second kappa shape index (κ2) is 4.14. The Morgan fingerprint density at radius 2 is 2.29 bits per heavy atom. The highest BCUT2D eigenvalue weighted by atomic mass is 16.5. The molecule has 2 atom stereocenters. The van der Waals surface area contributed by atoms with Crippen molar-refractivity contribution in [3.63, 3.8) is 0 Å². The molecule has 0 aliphatic heterocycles. The van der Waals surface area contributed by atoms with Crippen LogP contribution in [-0.2, 0) is 4.74 Å². The fourth-order valence-corrected chi connectivity index (χ4v) is 2.36. The molecule has 17 heavy (non-hydrogen) atoms. The Labute approximate surface area is 101 Å². The van der Waals surface area contributed by atoms with Crippen LogP contribution in [0.4, 0.5) is 5.82 Å². The Balaban J connectivity index is 2.10. The molecule has 0 radical (unpaired) electrons. The van der Waals surface area contributed by atoms with Crippen LogP contribution in [0, 0.1) is 12.3 Å². The van der Waals surface area contributed by atoms with Gasteiger partial charge in [-0.15, -0.1) is 0 Å². The average Bonchev–Trinajstić information content (AvgIpc) is 2.22. The van der Waals surface area contributed by atoms with Crippen LogP contribution < -0.4 is 10.9 Å². The summed E-state index contributed by atoms with van der Waals surface area (Å²) in [4.78, 5) is 18.2. The number of ether oxygens (including phenoxy) is 1. The Kier molecular flexibility index (Phi) is 2.95. The van der Waals surface area contributed by atoms with Crippen LogP contribution in [0.25, 0.3) is 0 Å². The number of nitrogens with one attached hydrogen (secondary N) is 2. The summed E-state index contributed by atoms with van der Waals surface area (Å²) in [5, 5.41) is 3.30. The molecule has 94 valence electrons. The molecule has 1 aromatic heterocycles. The summed E-state index contributed by atoms with van der Waals surface area (Å²) in [5.74, 6) is 1.26. The molecule has 2 N–H and O–H groups in total. The largest absolute Gasteiger partial charge is 0.381 e. The van der Waals surface area contributed by atoms with E-state index in [4.69, 9.17) is 4.74 Å². The second-order valence-electron chi connectivity index (χ2n) is 5.19. The van der Waals surface area contributed by atoms with E-state index in [1.54, 1.807) is 14.0 Å². The van der Waals surface area contributed by atoms with E-state index in [0.717, 1.165) is 6.42 Å². The van der Waals surface area contributed by atoms with Crippen LogP contribution in [0.3, 0.4) is 0 Å². The van der Waals surface area contributed by atoms with Gasteiger partial charge >= 0.3 is 0 Å². The zero-order valence-corrected chi connectivity index (χ0v) is 10.7. The number of hydrogen-bond donors (Lipinski definition) is 2. The van der Waals surface area contributed by atoms with Crippen LogP contribution in [0.1, 0.15) is 26.1 Å². The number of aromatic nitrogens is 2. The minimum atomic E-state index is -0.125. The van der Waals surface area contributed by atoms with Gasteiger partial charge in [0.05, 0.1) is 6.10 Å². The molecule has 1 aromatic rings. The quantitative estimate of drug-likeness (QED) is 0.831. The summed E-state index contributed by atoms with van der Waals surface area (Å²) in [5.41, 5.74) is -0.0622. The van der Waals surface area contributed by atoms with Gasteiger partial charge in [0.25, 0.3) is 5.56 Å². The lowest BCUT2D eigenvalue weighted by atomic mass is 9.64. The number of H-pyrrole nitrogens is 1. The number of aromatic amines is 1. The molecular weight excluding hydrogens is 218 g/mol. The monoisotopic (exact) mass is 237 g/mol. The molecule has 1 aliphatic carbocycles. The average molecular weight is 237 g/mol. The fraction of sp³-hybridized carbons (Fsp3) is 0.667. The second-order valence-corrected chi connectivity index (χ2v) is 5.19. The summed E-state index contributed by atoms with van der Waals surface area (Å²) < 4.78 is 5.39. The minimum absolute atomic E-state index is 0.0624. The molecule has 0 saturated heterocycles. The normalized spacial score (nSPS) is 26.4. The third-order valence-electron chi connectivity index (χ3n) is 3.64. The zero-order chi connectivity index (χ0) is 12.6. The van der Waals surface area contributed by atoms with Crippen LogP contribution in [-0.4, -0.2) is 29.2 Å². The molecule has 0 aromatic carbocycles.